The Morgan fingerprint density at radius 2 is 1.69 bits per heavy atom. The number of nitrogens with zero attached hydrogens (tertiary/aromatic N) is 2. The van der Waals surface area contributed by atoms with Crippen molar-refractivity contribution in [3.8, 4) is 5.75 Å². The van der Waals surface area contributed by atoms with Gasteiger partial charge in [-0.25, -0.2) is 17.6 Å². The van der Waals surface area contributed by atoms with E-state index in [1.165, 1.54) is 12.3 Å². The van der Waals surface area contributed by atoms with Crippen molar-refractivity contribution in [1.82, 2.24) is 9.78 Å². The number of benzene rings is 3. The van der Waals surface area contributed by atoms with E-state index >= 15 is 0 Å². The van der Waals surface area contributed by atoms with E-state index in [0.29, 0.717) is 22.9 Å². The van der Waals surface area contributed by atoms with Crippen LogP contribution in [0.25, 0.3) is 0 Å². The lowest BCUT2D eigenvalue weighted by molar-refractivity contribution is 0.102. The summed E-state index contributed by atoms with van der Waals surface area (Å²) in [7, 11) is 0. The molecular weight excluding hydrogens is 486 g/mol. The highest BCUT2D eigenvalue weighted by Gasteiger charge is 2.20. The zero-order valence-electron chi connectivity index (χ0n) is 18.3. The number of aromatic nitrogens is 2. The molecule has 0 fully saturated rings. The van der Waals surface area contributed by atoms with Crippen LogP contribution in [0.1, 0.15) is 27.0 Å². The highest BCUT2D eigenvalue weighted by atomic mass is 35.5. The zero-order valence-corrected chi connectivity index (χ0v) is 19.0. The van der Waals surface area contributed by atoms with Gasteiger partial charge in [0.25, 0.3) is 5.91 Å². The van der Waals surface area contributed by atoms with E-state index in [0.717, 1.165) is 15.8 Å². The molecule has 180 valence electrons. The first-order valence-corrected chi connectivity index (χ1v) is 10.7. The Bertz CT molecular complexity index is 1360. The van der Waals surface area contributed by atoms with Crippen LogP contribution in [0.3, 0.4) is 0 Å². The van der Waals surface area contributed by atoms with Crippen LogP contribution in [0.4, 0.5) is 23.4 Å². The molecule has 0 atom stereocenters. The lowest BCUT2D eigenvalue weighted by Crippen LogP contribution is -2.13. The predicted molar refractivity (Wildman–Crippen MR) is 123 cm³/mol. The van der Waals surface area contributed by atoms with Crippen LogP contribution in [0, 0.1) is 30.2 Å². The number of ether oxygens (including phenoxy) is 1. The number of rotatable bonds is 7. The minimum atomic E-state index is -1.50. The predicted octanol–water partition coefficient (Wildman–Crippen LogP) is 6.28. The summed E-state index contributed by atoms with van der Waals surface area (Å²) in [5.74, 6) is -5.71. The van der Waals surface area contributed by atoms with E-state index in [9.17, 15) is 22.4 Å². The van der Waals surface area contributed by atoms with Gasteiger partial charge in [-0.2, -0.15) is 5.10 Å². The van der Waals surface area contributed by atoms with Gasteiger partial charge in [0.05, 0.1) is 12.1 Å². The van der Waals surface area contributed by atoms with Crippen molar-refractivity contribution in [2.45, 2.75) is 20.1 Å². The summed E-state index contributed by atoms with van der Waals surface area (Å²) in [4.78, 5) is 12.5. The van der Waals surface area contributed by atoms with E-state index in [2.05, 4.69) is 10.4 Å². The van der Waals surface area contributed by atoms with Crippen molar-refractivity contribution in [3.63, 3.8) is 0 Å². The number of carbonyl (C=O) groups is 1. The van der Waals surface area contributed by atoms with Gasteiger partial charge in [0.15, 0.2) is 29.1 Å². The molecule has 0 spiro atoms. The minimum absolute atomic E-state index is 0.0956. The maximum absolute atomic E-state index is 13.9. The van der Waals surface area contributed by atoms with Gasteiger partial charge >= 0.3 is 0 Å². The molecule has 1 N–H and O–H groups in total. The number of aryl methyl sites for hydroxylation is 1. The lowest BCUT2D eigenvalue weighted by atomic mass is 10.1. The molecular formula is C25H18ClF4N3O2. The molecule has 3 aromatic carbocycles. The van der Waals surface area contributed by atoms with E-state index in [1.807, 2.05) is 13.0 Å². The summed E-state index contributed by atoms with van der Waals surface area (Å²) < 4.78 is 61.3. The first-order valence-electron chi connectivity index (χ1n) is 10.4. The molecule has 4 aromatic rings. The van der Waals surface area contributed by atoms with Crippen LogP contribution >= 0.6 is 11.6 Å². The van der Waals surface area contributed by atoms with Crippen molar-refractivity contribution < 1.29 is 27.1 Å². The third kappa shape index (κ3) is 5.63. The smallest absolute Gasteiger partial charge is 0.256 e. The number of amides is 1. The third-order valence-corrected chi connectivity index (χ3v) is 5.58. The first-order chi connectivity index (χ1) is 16.7. The molecule has 0 aliphatic heterocycles. The number of carbonyl (C=O) groups excluding carboxylic acids is 1. The van der Waals surface area contributed by atoms with E-state index in [1.54, 1.807) is 36.4 Å². The molecule has 0 unspecified atom stereocenters. The Kier molecular flexibility index (Phi) is 7.07. The van der Waals surface area contributed by atoms with Crippen molar-refractivity contribution in [1.29, 1.82) is 0 Å². The van der Waals surface area contributed by atoms with E-state index in [4.69, 9.17) is 16.3 Å². The van der Waals surface area contributed by atoms with Gasteiger partial charge in [0.2, 0.25) is 0 Å². The molecule has 4 rings (SSSR count). The molecule has 10 heteroatoms. The fourth-order valence-corrected chi connectivity index (χ4v) is 3.37. The first kappa shape index (κ1) is 24.3. The van der Waals surface area contributed by atoms with Gasteiger partial charge < -0.3 is 10.1 Å². The average molecular weight is 504 g/mol. The second kappa shape index (κ2) is 10.2. The summed E-state index contributed by atoms with van der Waals surface area (Å²) in [5, 5.41) is 7.19. The topological polar surface area (TPSA) is 56.1 Å². The fraction of sp³-hybridized carbons (Fsp3) is 0.120. The summed E-state index contributed by atoms with van der Waals surface area (Å²) in [6, 6.07) is 13.6. The molecule has 5 nitrogen and oxygen atoms in total. The maximum atomic E-state index is 13.9. The third-order valence-electron chi connectivity index (χ3n) is 5.16. The van der Waals surface area contributed by atoms with Crippen LogP contribution in [0.5, 0.6) is 5.75 Å². The van der Waals surface area contributed by atoms with Gasteiger partial charge in [0.1, 0.15) is 12.4 Å². The number of halogens is 5. The van der Waals surface area contributed by atoms with Crippen LogP contribution < -0.4 is 10.1 Å². The minimum Gasteiger partial charge on any atom is -0.489 e. The van der Waals surface area contributed by atoms with Gasteiger partial charge in [-0.3, -0.25) is 9.48 Å². The van der Waals surface area contributed by atoms with Crippen LogP contribution in [0.2, 0.25) is 5.02 Å². The van der Waals surface area contributed by atoms with Crippen molar-refractivity contribution in [2.24, 2.45) is 0 Å². The van der Waals surface area contributed by atoms with Gasteiger partial charge in [-0.15, -0.1) is 0 Å². The molecule has 0 bridgehead atoms. The molecule has 0 radical (unpaired) electrons. The fourth-order valence-electron chi connectivity index (χ4n) is 3.25. The summed E-state index contributed by atoms with van der Waals surface area (Å²) in [6.45, 7) is 1.61. The molecule has 0 saturated heterocycles. The maximum Gasteiger partial charge on any atom is 0.256 e. The SMILES string of the molecule is Cc1cc(OCc2ccc(C(=O)Nc3ccn(Cc4c(F)c(F)cc(F)c4F)n3)cc2)ccc1Cl. The standard InChI is InChI=1S/C25H18ClF4N3O2/c1-14-10-17(6-7-19(14)26)35-13-15-2-4-16(5-3-15)25(34)31-22-8-9-33(32-22)12-18-23(29)20(27)11-21(28)24(18)30/h2-11H,12-13H2,1H3,(H,31,32,34). The van der Waals surface area contributed by atoms with Gasteiger partial charge in [0, 0.05) is 28.9 Å². The quantitative estimate of drug-likeness (QED) is 0.238. The Morgan fingerprint density at radius 3 is 2.34 bits per heavy atom. The monoisotopic (exact) mass is 503 g/mol. The van der Waals surface area contributed by atoms with Crippen molar-refractivity contribution >= 4 is 23.3 Å². The Hall–Kier alpha value is -3.85. The average Bonchev–Trinajstić information content (AvgIpc) is 3.28. The van der Waals surface area contributed by atoms with Crippen molar-refractivity contribution in [3.05, 3.63) is 111 Å². The second-order valence-electron chi connectivity index (χ2n) is 7.70. The number of hydrogen-bond acceptors (Lipinski definition) is 3. The molecule has 0 aliphatic carbocycles. The number of anilines is 1. The highest BCUT2D eigenvalue weighted by Crippen LogP contribution is 2.23. The highest BCUT2D eigenvalue weighted by molar-refractivity contribution is 6.31. The molecule has 1 heterocycles. The van der Waals surface area contributed by atoms with Crippen LogP contribution in [0.15, 0.2) is 60.8 Å². The Labute approximate surface area is 202 Å². The van der Waals surface area contributed by atoms with Gasteiger partial charge in [-0.1, -0.05) is 23.7 Å². The molecule has 35 heavy (non-hydrogen) atoms. The zero-order chi connectivity index (χ0) is 25.1. The van der Waals surface area contributed by atoms with Gasteiger partial charge in [-0.05, 0) is 48.4 Å². The van der Waals surface area contributed by atoms with Crippen LogP contribution in [-0.4, -0.2) is 15.7 Å². The van der Waals surface area contributed by atoms with Crippen LogP contribution in [-0.2, 0) is 13.2 Å². The number of nitrogens with one attached hydrogen (secondary N) is 1. The molecule has 0 aliphatic rings. The van der Waals surface area contributed by atoms with E-state index in [-0.39, 0.29) is 11.9 Å². The Balaban J connectivity index is 1.37. The molecule has 1 amide bonds. The molecule has 1 aromatic heterocycles. The lowest BCUT2D eigenvalue weighted by Gasteiger charge is -2.09. The summed E-state index contributed by atoms with van der Waals surface area (Å²) >= 11 is 6.01. The summed E-state index contributed by atoms with van der Waals surface area (Å²) in [6.07, 6.45) is 1.32. The van der Waals surface area contributed by atoms with E-state index < -0.39 is 41.3 Å². The number of hydrogen-bond donors (Lipinski definition) is 1. The Morgan fingerprint density at radius 1 is 1.00 bits per heavy atom. The molecule has 0 saturated carbocycles. The normalized spacial score (nSPS) is 10.9. The largest absolute Gasteiger partial charge is 0.489 e. The van der Waals surface area contributed by atoms with Crippen molar-refractivity contribution in [2.75, 3.05) is 5.32 Å². The second-order valence-corrected chi connectivity index (χ2v) is 8.10. The summed E-state index contributed by atoms with van der Waals surface area (Å²) in [5.41, 5.74) is 1.27.